The Morgan fingerprint density at radius 1 is 1.40 bits per heavy atom. The average Bonchev–Trinajstić information content (AvgIpc) is 2.14. The van der Waals surface area contributed by atoms with Crippen LogP contribution in [0.5, 0.6) is 0 Å². The van der Waals surface area contributed by atoms with Crippen molar-refractivity contribution in [2.75, 3.05) is 0 Å². The Hall–Kier alpha value is 1.49. The molecule has 0 nitrogen and oxygen atoms in total. The van der Waals surface area contributed by atoms with Crippen LogP contribution in [-0.2, 0) is 0 Å². The van der Waals surface area contributed by atoms with E-state index in [-0.39, 0.29) is 71.0 Å². The molecule has 0 fully saturated rings. The van der Waals surface area contributed by atoms with E-state index in [1.165, 1.54) is 0 Å². The summed E-state index contributed by atoms with van der Waals surface area (Å²) in [7, 11) is 0. The van der Waals surface area contributed by atoms with E-state index in [4.69, 9.17) is 6.42 Å². The monoisotopic (exact) mass is 386 g/mol. The average molecular weight is 386 g/mol. The van der Waals surface area contributed by atoms with Gasteiger partial charge in [-0.3, -0.25) is 0 Å². The van der Waals surface area contributed by atoms with Gasteiger partial charge < -0.3 is 48.0 Å². The van der Waals surface area contributed by atoms with Crippen molar-refractivity contribution in [3.05, 3.63) is 22.4 Å². The Balaban J connectivity index is -0.000000163. The molecular formula is C6H4I2MgS. The summed E-state index contributed by atoms with van der Waals surface area (Å²) < 4.78 is 0. The minimum atomic E-state index is 0. The predicted octanol–water partition coefficient (Wildman–Crippen LogP) is -4.64. The Bertz CT molecular complexity index is 178. The molecule has 4 heteroatoms. The van der Waals surface area contributed by atoms with Gasteiger partial charge >= 0.3 is 23.1 Å². The minimum Gasteiger partial charge on any atom is -1.00 e. The zero-order chi connectivity index (χ0) is 5.11. The molecule has 1 aromatic rings. The minimum absolute atomic E-state index is 0. The first-order valence-electron chi connectivity index (χ1n) is 1.92. The van der Waals surface area contributed by atoms with Crippen LogP contribution >= 0.6 is 11.3 Å². The number of thiophene rings is 1. The molecule has 0 amide bonds. The van der Waals surface area contributed by atoms with Crippen LogP contribution in [0.15, 0.2) is 16.8 Å². The van der Waals surface area contributed by atoms with Crippen molar-refractivity contribution < 1.29 is 48.0 Å². The first-order valence-corrected chi connectivity index (χ1v) is 2.86. The van der Waals surface area contributed by atoms with E-state index < -0.39 is 0 Å². The number of terminal acetylenes is 1. The molecule has 0 unspecified atom stereocenters. The fourth-order valence-corrected chi connectivity index (χ4v) is 0.944. The molecule has 0 N–H and O–H groups in total. The van der Waals surface area contributed by atoms with E-state index in [2.05, 4.69) is 5.92 Å². The summed E-state index contributed by atoms with van der Waals surface area (Å²) in [6.07, 6.45) is 5.05. The molecule has 0 aliphatic carbocycles. The van der Waals surface area contributed by atoms with Gasteiger partial charge in [-0.15, -0.1) is 6.42 Å². The van der Waals surface area contributed by atoms with Crippen LogP contribution in [0.1, 0.15) is 5.56 Å². The quantitative estimate of drug-likeness (QED) is 0.239. The smallest absolute Gasteiger partial charge is 1.00 e. The van der Waals surface area contributed by atoms with E-state index >= 15 is 0 Å². The molecule has 0 radical (unpaired) electrons. The SMILES string of the molecule is C#Cc1ccsc1.[I-].[I-].[Mg+2]. The molecule has 0 aromatic carbocycles. The molecule has 1 aromatic heterocycles. The molecule has 10 heavy (non-hydrogen) atoms. The van der Waals surface area contributed by atoms with Crippen LogP contribution in [0.2, 0.25) is 0 Å². The molecule has 0 aliphatic rings. The molecule has 50 valence electrons. The van der Waals surface area contributed by atoms with Gasteiger partial charge in [0.25, 0.3) is 0 Å². The van der Waals surface area contributed by atoms with E-state index in [1.54, 1.807) is 11.3 Å². The maximum Gasteiger partial charge on any atom is 2.00 e. The Labute approximate surface area is 115 Å². The van der Waals surface area contributed by atoms with Gasteiger partial charge in [0, 0.05) is 10.9 Å². The van der Waals surface area contributed by atoms with Crippen molar-refractivity contribution in [1.82, 2.24) is 0 Å². The van der Waals surface area contributed by atoms with Crippen molar-refractivity contribution in [3.8, 4) is 12.3 Å². The van der Waals surface area contributed by atoms with Gasteiger partial charge in [-0.05, 0) is 11.4 Å². The summed E-state index contributed by atoms with van der Waals surface area (Å²) in [5.41, 5.74) is 0.977. The number of rotatable bonds is 0. The Morgan fingerprint density at radius 3 is 2.20 bits per heavy atom. The van der Waals surface area contributed by atoms with Crippen LogP contribution < -0.4 is 48.0 Å². The second-order valence-electron chi connectivity index (χ2n) is 1.16. The van der Waals surface area contributed by atoms with Gasteiger partial charge in [-0.25, -0.2) is 0 Å². The Kier molecular flexibility index (Phi) is 18.4. The molecule has 0 saturated heterocycles. The normalized spacial score (nSPS) is 5.50. The van der Waals surface area contributed by atoms with Crippen LogP contribution in [-0.4, -0.2) is 23.1 Å². The third-order valence-electron chi connectivity index (χ3n) is 0.688. The second-order valence-corrected chi connectivity index (χ2v) is 1.94. The van der Waals surface area contributed by atoms with Gasteiger partial charge in [-0.2, -0.15) is 11.3 Å². The number of halogens is 2. The number of hydrogen-bond donors (Lipinski definition) is 0. The zero-order valence-corrected chi connectivity index (χ0v) is 11.7. The van der Waals surface area contributed by atoms with Crippen molar-refractivity contribution in [2.24, 2.45) is 0 Å². The van der Waals surface area contributed by atoms with Gasteiger partial charge in [0.05, 0.1) is 0 Å². The largest absolute Gasteiger partial charge is 2.00 e. The second kappa shape index (κ2) is 10.5. The third-order valence-corrected chi connectivity index (χ3v) is 1.37. The van der Waals surface area contributed by atoms with Gasteiger partial charge in [0.1, 0.15) is 0 Å². The molecule has 0 aliphatic heterocycles. The summed E-state index contributed by atoms with van der Waals surface area (Å²) in [5.74, 6) is 2.52. The van der Waals surface area contributed by atoms with E-state index in [0.717, 1.165) is 5.56 Å². The van der Waals surface area contributed by atoms with Crippen LogP contribution in [0.25, 0.3) is 0 Å². The molecular weight excluding hydrogens is 382 g/mol. The fraction of sp³-hybridized carbons (Fsp3) is 0. The standard InChI is InChI=1S/C6H4S.2HI.Mg/c1-2-6-3-4-7-5-6;;;/h1,3-5H;2*1H;/q;;;+2/p-2. The third kappa shape index (κ3) is 6.21. The molecule has 0 atom stereocenters. The van der Waals surface area contributed by atoms with Crippen molar-refractivity contribution in [2.45, 2.75) is 0 Å². The van der Waals surface area contributed by atoms with Crippen LogP contribution in [0, 0.1) is 12.3 Å². The first-order chi connectivity index (χ1) is 3.43. The molecule has 1 heterocycles. The molecule has 0 saturated carbocycles. The van der Waals surface area contributed by atoms with Crippen molar-refractivity contribution in [3.63, 3.8) is 0 Å². The number of hydrogen-bond acceptors (Lipinski definition) is 1. The summed E-state index contributed by atoms with van der Waals surface area (Å²) in [6, 6.07) is 1.92. The first kappa shape index (κ1) is 17.5. The van der Waals surface area contributed by atoms with Crippen molar-refractivity contribution >= 4 is 34.4 Å². The maximum atomic E-state index is 5.05. The fourth-order valence-electron chi connectivity index (χ4n) is 0.347. The summed E-state index contributed by atoms with van der Waals surface area (Å²) in [5, 5.41) is 3.91. The van der Waals surface area contributed by atoms with Crippen LogP contribution in [0.3, 0.4) is 0 Å². The molecule has 0 spiro atoms. The van der Waals surface area contributed by atoms with Crippen LogP contribution in [0.4, 0.5) is 0 Å². The Morgan fingerprint density at radius 2 is 2.00 bits per heavy atom. The van der Waals surface area contributed by atoms with E-state index in [0.29, 0.717) is 0 Å². The summed E-state index contributed by atoms with van der Waals surface area (Å²) in [6.45, 7) is 0. The maximum absolute atomic E-state index is 5.05. The van der Waals surface area contributed by atoms with E-state index in [1.807, 2.05) is 16.8 Å². The van der Waals surface area contributed by atoms with E-state index in [9.17, 15) is 0 Å². The molecule has 0 bridgehead atoms. The molecule has 1 rings (SSSR count). The van der Waals surface area contributed by atoms with Gasteiger partial charge in [0.15, 0.2) is 0 Å². The van der Waals surface area contributed by atoms with Crippen molar-refractivity contribution in [1.29, 1.82) is 0 Å². The van der Waals surface area contributed by atoms with Gasteiger partial charge in [0.2, 0.25) is 0 Å². The zero-order valence-electron chi connectivity index (χ0n) is 5.18. The van der Waals surface area contributed by atoms with Gasteiger partial charge in [-0.1, -0.05) is 5.92 Å². The summed E-state index contributed by atoms with van der Waals surface area (Å²) in [4.78, 5) is 0. The topological polar surface area (TPSA) is 0 Å². The summed E-state index contributed by atoms with van der Waals surface area (Å²) >= 11 is 1.62. The predicted molar refractivity (Wildman–Crippen MR) is 38.0 cm³/mol.